The number of thiophene rings is 1. The minimum Gasteiger partial charge on any atom is -0.401 e. The predicted octanol–water partition coefficient (Wildman–Crippen LogP) is 5.17. The van der Waals surface area contributed by atoms with Gasteiger partial charge in [0.15, 0.2) is 5.83 Å². The Morgan fingerprint density at radius 2 is 2.03 bits per heavy atom. The minimum absolute atomic E-state index is 0.0574. The smallest absolute Gasteiger partial charge is 0.253 e. The van der Waals surface area contributed by atoms with E-state index in [-0.39, 0.29) is 22.9 Å². The van der Waals surface area contributed by atoms with E-state index in [1.54, 1.807) is 0 Å². The van der Waals surface area contributed by atoms with E-state index in [1.807, 2.05) is 44.2 Å². The van der Waals surface area contributed by atoms with Crippen LogP contribution in [0.2, 0.25) is 0 Å². The lowest BCUT2D eigenvalue weighted by atomic mass is 10.0. The molecule has 0 bridgehead atoms. The van der Waals surface area contributed by atoms with Crippen molar-refractivity contribution in [1.82, 2.24) is 5.32 Å². The second-order valence-corrected chi connectivity index (χ2v) is 8.14. The monoisotopic (exact) mass is 429 g/mol. The van der Waals surface area contributed by atoms with Crippen molar-refractivity contribution < 1.29 is 13.9 Å². The van der Waals surface area contributed by atoms with E-state index < -0.39 is 11.9 Å². The van der Waals surface area contributed by atoms with Crippen LogP contribution in [-0.2, 0) is 9.53 Å². The Kier molecular flexibility index (Phi) is 7.39. The molecular formula is C23H28FN3O2S. The standard InChI is InChI=1S/C21H22FN3O2S.C2H6/c22-19-14(25-21(26)15-8-4-10-27-15)7-3-6-13(23)18(19)20(24)17-11-12-5-1-2-9-16(12)28-17;1-2/h1-2,5,9,11,15,24H,3-4,6-8,10,23H2,(H,25,26);1-2H3. The molecule has 30 heavy (non-hydrogen) atoms. The van der Waals surface area contributed by atoms with Crippen molar-refractivity contribution >= 4 is 33.0 Å². The summed E-state index contributed by atoms with van der Waals surface area (Å²) in [5, 5.41) is 12.3. The molecule has 4 rings (SSSR count). The molecule has 4 N–H and O–H groups in total. The van der Waals surface area contributed by atoms with Gasteiger partial charge >= 0.3 is 0 Å². The average molecular weight is 430 g/mol. The molecule has 160 valence electrons. The van der Waals surface area contributed by atoms with Crippen LogP contribution in [0.4, 0.5) is 4.39 Å². The first-order chi connectivity index (χ1) is 14.5. The number of benzene rings is 1. The summed E-state index contributed by atoms with van der Waals surface area (Å²) in [4.78, 5) is 13.0. The summed E-state index contributed by atoms with van der Waals surface area (Å²) in [7, 11) is 0. The lowest BCUT2D eigenvalue weighted by Crippen LogP contribution is -2.34. The summed E-state index contributed by atoms with van der Waals surface area (Å²) >= 11 is 1.43. The van der Waals surface area contributed by atoms with Crippen molar-refractivity contribution in [3.8, 4) is 0 Å². The first-order valence-electron chi connectivity index (χ1n) is 10.4. The number of fused-ring (bicyclic) bond motifs is 1. The molecule has 1 aromatic carbocycles. The Bertz CT molecular complexity index is 970. The number of nitrogens with two attached hydrogens (primary N) is 1. The quantitative estimate of drug-likeness (QED) is 0.586. The van der Waals surface area contributed by atoms with Crippen LogP contribution in [0.1, 0.15) is 50.8 Å². The molecule has 5 nitrogen and oxygen atoms in total. The molecule has 1 amide bonds. The molecule has 2 aromatic rings. The van der Waals surface area contributed by atoms with Crippen LogP contribution >= 0.6 is 11.3 Å². The van der Waals surface area contributed by atoms with Gasteiger partial charge in [-0.3, -0.25) is 10.2 Å². The highest BCUT2D eigenvalue weighted by atomic mass is 32.1. The Balaban J connectivity index is 0.00000124. The zero-order valence-electron chi connectivity index (χ0n) is 17.4. The number of hydrogen-bond donors (Lipinski definition) is 3. The Labute approximate surface area is 180 Å². The van der Waals surface area contributed by atoms with Crippen LogP contribution in [0.3, 0.4) is 0 Å². The van der Waals surface area contributed by atoms with Gasteiger partial charge in [0.1, 0.15) is 6.10 Å². The molecule has 1 fully saturated rings. The first kappa shape index (κ1) is 22.2. The SMILES string of the molecule is CC.N=C(C1=C(N)CCCC(NC(=O)C2CCCO2)=C1F)c1cc2ccccc2s1. The van der Waals surface area contributed by atoms with E-state index >= 15 is 4.39 Å². The molecule has 0 spiro atoms. The molecule has 0 saturated carbocycles. The largest absolute Gasteiger partial charge is 0.401 e. The molecule has 0 radical (unpaired) electrons. The maximum atomic E-state index is 15.4. The lowest BCUT2D eigenvalue weighted by Gasteiger charge is -2.15. The lowest BCUT2D eigenvalue weighted by molar-refractivity contribution is -0.129. The average Bonchev–Trinajstić information content (AvgIpc) is 3.42. The Morgan fingerprint density at radius 1 is 1.27 bits per heavy atom. The summed E-state index contributed by atoms with van der Waals surface area (Å²) < 4.78 is 21.8. The zero-order valence-corrected chi connectivity index (χ0v) is 18.2. The van der Waals surface area contributed by atoms with Crippen LogP contribution < -0.4 is 11.1 Å². The highest BCUT2D eigenvalue weighted by molar-refractivity contribution is 7.21. The highest BCUT2D eigenvalue weighted by Gasteiger charge is 2.28. The predicted molar refractivity (Wildman–Crippen MR) is 120 cm³/mol. The number of rotatable bonds is 4. The minimum atomic E-state index is -0.608. The number of amides is 1. The van der Waals surface area contributed by atoms with Crippen LogP contribution in [-0.4, -0.2) is 24.3 Å². The van der Waals surface area contributed by atoms with Gasteiger partial charge in [0, 0.05) is 17.0 Å². The van der Waals surface area contributed by atoms with Crippen molar-refractivity contribution in [1.29, 1.82) is 5.41 Å². The molecule has 1 aliphatic carbocycles. The van der Waals surface area contributed by atoms with Gasteiger partial charge in [-0.15, -0.1) is 11.3 Å². The third kappa shape index (κ3) is 4.63. The third-order valence-corrected chi connectivity index (χ3v) is 6.23. The van der Waals surface area contributed by atoms with Gasteiger partial charge in [-0.2, -0.15) is 0 Å². The van der Waals surface area contributed by atoms with Crippen LogP contribution in [0.25, 0.3) is 10.1 Å². The third-order valence-electron chi connectivity index (χ3n) is 5.10. The molecule has 2 heterocycles. The summed E-state index contributed by atoms with van der Waals surface area (Å²) in [6.45, 7) is 4.55. The number of carbonyl (C=O) groups is 1. The van der Waals surface area contributed by atoms with Gasteiger partial charge in [0.25, 0.3) is 5.91 Å². The number of allylic oxidation sites excluding steroid dienone is 4. The number of ether oxygens (including phenoxy) is 1. The van der Waals surface area contributed by atoms with Crippen LogP contribution in [0.5, 0.6) is 0 Å². The van der Waals surface area contributed by atoms with Gasteiger partial charge < -0.3 is 15.8 Å². The molecule has 1 saturated heterocycles. The summed E-state index contributed by atoms with van der Waals surface area (Å²) in [6, 6.07) is 9.69. The van der Waals surface area contributed by atoms with Crippen LogP contribution in [0, 0.1) is 5.41 Å². The Hall–Kier alpha value is -2.51. The normalized spacial score (nSPS) is 19.4. The van der Waals surface area contributed by atoms with Crippen molar-refractivity contribution in [3.05, 3.63) is 58.0 Å². The fourth-order valence-corrected chi connectivity index (χ4v) is 4.63. The van der Waals surface area contributed by atoms with Crippen molar-refractivity contribution in [2.45, 2.75) is 52.1 Å². The number of halogens is 1. The van der Waals surface area contributed by atoms with Crippen molar-refractivity contribution in [2.75, 3.05) is 6.61 Å². The second-order valence-electron chi connectivity index (χ2n) is 7.06. The van der Waals surface area contributed by atoms with E-state index in [2.05, 4.69) is 5.32 Å². The van der Waals surface area contributed by atoms with Gasteiger partial charge in [0.2, 0.25) is 0 Å². The maximum absolute atomic E-state index is 15.4. The number of nitrogens with one attached hydrogen (secondary N) is 2. The number of carbonyl (C=O) groups excluding carboxylic acids is 1. The molecule has 7 heteroatoms. The fraction of sp³-hybridized carbons (Fsp3) is 0.391. The summed E-state index contributed by atoms with van der Waals surface area (Å²) in [6.07, 6.45) is 2.40. The highest BCUT2D eigenvalue weighted by Crippen LogP contribution is 2.33. The van der Waals surface area contributed by atoms with Crippen LogP contribution in [0.15, 0.2) is 53.1 Å². The summed E-state index contributed by atoms with van der Waals surface area (Å²) in [5.74, 6) is -0.931. The van der Waals surface area contributed by atoms with E-state index in [9.17, 15) is 4.79 Å². The fourth-order valence-electron chi connectivity index (χ4n) is 3.61. The van der Waals surface area contributed by atoms with E-state index in [1.165, 1.54) is 11.3 Å². The topological polar surface area (TPSA) is 88.2 Å². The van der Waals surface area contributed by atoms with E-state index in [0.717, 1.165) is 16.5 Å². The second kappa shape index (κ2) is 10.00. The van der Waals surface area contributed by atoms with Gasteiger partial charge in [-0.05, 0) is 49.6 Å². The first-order valence-corrected chi connectivity index (χ1v) is 11.2. The van der Waals surface area contributed by atoms with E-state index in [0.29, 0.717) is 42.9 Å². The van der Waals surface area contributed by atoms with Crippen molar-refractivity contribution in [3.63, 3.8) is 0 Å². The molecular weight excluding hydrogens is 401 g/mol. The van der Waals surface area contributed by atoms with Gasteiger partial charge in [-0.1, -0.05) is 32.0 Å². The molecule has 2 aliphatic rings. The maximum Gasteiger partial charge on any atom is 0.253 e. The molecule has 1 unspecified atom stereocenters. The summed E-state index contributed by atoms with van der Waals surface area (Å²) in [5.41, 5.74) is 6.84. The number of hydrogen-bond acceptors (Lipinski definition) is 5. The van der Waals surface area contributed by atoms with Gasteiger partial charge in [0.05, 0.1) is 21.9 Å². The van der Waals surface area contributed by atoms with Gasteiger partial charge in [-0.25, -0.2) is 4.39 Å². The van der Waals surface area contributed by atoms with E-state index in [4.69, 9.17) is 15.9 Å². The molecule has 1 aliphatic heterocycles. The molecule has 1 aromatic heterocycles. The van der Waals surface area contributed by atoms with Crippen molar-refractivity contribution in [2.24, 2.45) is 5.73 Å². The molecule has 1 atom stereocenters. The Morgan fingerprint density at radius 3 is 2.73 bits per heavy atom. The zero-order chi connectivity index (χ0) is 21.7.